The highest BCUT2D eigenvalue weighted by Crippen LogP contribution is 2.19. The first-order valence-corrected chi connectivity index (χ1v) is 5.97. The van der Waals surface area contributed by atoms with Gasteiger partial charge in [0.1, 0.15) is 11.6 Å². The quantitative estimate of drug-likeness (QED) is 0.894. The molecule has 1 aromatic carbocycles. The molecule has 0 amide bonds. The molecule has 94 valence electrons. The Morgan fingerprint density at radius 2 is 1.78 bits per heavy atom. The number of aryl methyl sites for hydroxylation is 1. The van der Waals surface area contributed by atoms with E-state index in [9.17, 15) is 0 Å². The molecule has 4 heteroatoms. The van der Waals surface area contributed by atoms with Crippen molar-refractivity contribution in [2.75, 3.05) is 6.61 Å². The number of nitrogens with zero attached hydrogens (tertiary/aromatic N) is 2. The molecule has 4 nitrogen and oxygen atoms in total. The Morgan fingerprint density at radius 1 is 1.17 bits per heavy atom. The van der Waals surface area contributed by atoms with Gasteiger partial charge in [0.05, 0.1) is 12.6 Å². The van der Waals surface area contributed by atoms with Gasteiger partial charge in [-0.3, -0.25) is 0 Å². The lowest BCUT2D eigenvalue weighted by Crippen LogP contribution is -2.15. The van der Waals surface area contributed by atoms with Crippen molar-refractivity contribution >= 4 is 0 Å². The maximum atomic E-state index is 6.12. The highest BCUT2D eigenvalue weighted by molar-refractivity contribution is 5.31. The van der Waals surface area contributed by atoms with E-state index in [1.165, 1.54) is 0 Å². The standard InChI is InChI=1S/C14H17N3O/c1-3-18-12-6-4-11(5-7-12)13(15)14-16-8-10(2)9-17-14/h4-9,13H,3,15H2,1-2H3. The van der Waals surface area contributed by atoms with Gasteiger partial charge >= 0.3 is 0 Å². The van der Waals surface area contributed by atoms with Crippen molar-refractivity contribution in [3.63, 3.8) is 0 Å². The molecular weight excluding hydrogens is 226 g/mol. The lowest BCUT2D eigenvalue weighted by molar-refractivity contribution is 0.340. The van der Waals surface area contributed by atoms with Crippen molar-refractivity contribution in [2.24, 2.45) is 5.73 Å². The lowest BCUT2D eigenvalue weighted by Gasteiger charge is -2.11. The molecule has 1 atom stereocenters. The van der Waals surface area contributed by atoms with Crippen LogP contribution in [-0.4, -0.2) is 16.6 Å². The maximum absolute atomic E-state index is 6.12. The van der Waals surface area contributed by atoms with E-state index in [1.54, 1.807) is 12.4 Å². The number of rotatable bonds is 4. The Hall–Kier alpha value is -1.94. The first kappa shape index (κ1) is 12.5. The number of hydrogen-bond donors (Lipinski definition) is 1. The summed E-state index contributed by atoms with van der Waals surface area (Å²) in [7, 11) is 0. The van der Waals surface area contributed by atoms with Crippen molar-refractivity contribution in [1.82, 2.24) is 9.97 Å². The monoisotopic (exact) mass is 243 g/mol. The molecule has 0 fully saturated rings. The van der Waals surface area contributed by atoms with Gasteiger partial charge in [0.2, 0.25) is 0 Å². The van der Waals surface area contributed by atoms with Gasteiger partial charge in [-0.1, -0.05) is 12.1 Å². The van der Waals surface area contributed by atoms with Crippen LogP contribution < -0.4 is 10.5 Å². The number of aromatic nitrogens is 2. The SMILES string of the molecule is CCOc1ccc(C(N)c2ncc(C)cn2)cc1. The molecule has 0 aliphatic rings. The second-order valence-corrected chi connectivity index (χ2v) is 4.10. The Morgan fingerprint density at radius 3 is 2.33 bits per heavy atom. The van der Waals surface area contributed by atoms with E-state index in [0.29, 0.717) is 12.4 Å². The van der Waals surface area contributed by atoms with Crippen molar-refractivity contribution in [3.05, 3.63) is 53.6 Å². The molecule has 2 aromatic rings. The second-order valence-electron chi connectivity index (χ2n) is 4.10. The fraction of sp³-hybridized carbons (Fsp3) is 0.286. The second kappa shape index (κ2) is 5.60. The van der Waals surface area contributed by atoms with Crippen molar-refractivity contribution < 1.29 is 4.74 Å². The highest BCUT2D eigenvalue weighted by Gasteiger charge is 2.11. The molecule has 0 saturated carbocycles. The first-order chi connectivity index (χ1) is 8.70. The summed E-state index contributed by atoms with van der Waals surface area (Å²) in [6.07, 6.45) is 3.55. The van der Waals surface area contributed by atoms with E-state index < -0.39 is 0 Å². The summed E-state index contributed by atoms with van der Waals surface area (Å²) in [5, 5.41) is 0. The predicted octanol–water partition coefficient (Wildman–Crippen LogP) is 2.23. The number of benzene rings is 1. The number of ether oxygens (including phenoxy) is 1. The normalized spacial score (nSPS) is 12.2. The van der Waals surface area contributed by atoms with Gasteiger partial charge in [-0.05, 0) is 37.1 Å². The van der Waals surface area contributed by atoms with Crippen LogP contribution in [0.15, 0.2) is 36.7 Å². The molecule has 0 bridgehead atoms. The zero-order chi connectivity index (χ0) is 13.0. The topological polar surface area (TPSA) is 61.0 Å². The first-order valence-electron chi connectivity index (χ1n) is 5.97. The van der Waals surface area contributed by atoms with Gasteiger partial charge in [0.25, 0.3) is 0 Å². The minimum Gasteiger partial charge on any atom is -0.494 e. The van der Waals surface area contributed by atoms with E-state index in [2.05, 4.69) is 9.97 Å². The van der Waals surface area contributed by atoms with Crippen LogP contribution in [0.5, 0.6) is 5.75 Å². The summed E-state index contributed by atoms with van der Waals surface area (Å²) in [6, 6.07) is 7.40. The molecule has 0 radical (unpaired) electrons. The Bertz CT molecular complexity index is 493. The molecule has 0 aliphatic carbocycles. The van der Waals surface area contributed by atoms with Crippen molar-refractivity contribution in [3.8, 4) is 5.75 Å². The van der Waals surface area contributed by atoms with Crippen LogP contribution in [0.1, 0.15) is 29.9 Å². The zero-order valence-corrected chi connectivity index (χ0v) is 10.6. The van der Waals surface area contributed by atoms with Gasteiger partial charge < -0.3 is 10.5 Å². The van der Waals surface area contributed by atoms with Crippen LogP contribution in [-0.2, 0) is 0 Å². The Balaban J connectivity index is 2.17. The molecular formula is C14H17N3O. The van der Waals surface area contributed by atoms with Gasteiger partial charge in [-0.15, -0.1) is 0 Å². The summed E-state index contributed by atoms with van der Waals surface area (Å²) in [6.45, 7) is 4.57. The average Bonchev–Trinajstić information content (AvgIpc) is 2.40. The highest BCUT2D eigenvalue weighted by atomic mass is 16.5. The van der Waals surface area contributed by atoms with Crippen LogP contribution in [0.4, 0.5) is 0 Å². The predicted molar refractivity (Wildman–Crippen MR) is 70.4 cm³/mol. The van der Waals surface area contributed by atoms with E-state index in [0.717, 1.165) is 16.9 Å². The summed E-state index contributed by atoms with van der Waals surface area (Å²) in [4.78, 5) is 8.49. The zero-order valence-electron chi connectivity index (χ0n) is 10.6. The van der Waals surface area contributed by atoms with E-state index in [-0.39, 0.29) is 6.04 Å². The smallest absolute Gasteiger partial charge is 0.149 e. The van der Waals surface area contributed by atoms with E-state index >= 15 is 0 Å². The van der Waals surface area contributed by atoms with Gasteiger partial charge in [0.15, 0.2) is 0 Å². The molecule has 18 heavy (non-hydrogen) atoms. The Kier molecular flexibility index (Phi) is 3.89. The lowest BCUT2D eigenvalue weighted by atomic mass is 10.1. The minimum atomic E-state index is -0.304. The molecule has 1 aromatic heterocycles. The largest absolute Gasteiger partial charge is 0.494 e. The molecule has 2 rings (SSSR count). The molecule has 0 spiro atoms. The van der Waals surface area contributed by atoms with Crippen LogP contribution in [0.3, 0.4) is 0 Å². The summed E-state index contributed by atoms with van der Waals surface area (Å²) in [5.41, 5.74) is 8.12. The molecule has 1 unspecified atom stereocenters. The van der Waals surface area contributed by atoms with E-state index in [1.807, 2.05) is 38.1 Å². The average molecular weight is 243 g/mol. The van der Waals surface area contributed by atoms with Gasteiger partial charge in [-0.25, -0.2) is 9.97 Å². The van der Waals surface area contributed by atoms with Crippen molar-refractivity contribution in [2.45, 2.75) is 19.9 Å². The van der Waals surface area contributed by atoms with Crippen molar-refractivity contribution in [1.29, 1.82) is 0 Å². The van der Waals surface area contributed by atoms with Gasteiger partial charge in [-0.2, -0.15) is 0 Å². The summed E-state index contributed by atoms with van der Waals surface area (Å²) in [5.74, 6) is 1.48. The van der Waals surface area contributed by atoms with Crippen LogP contribution in [0.25, 0.3) is 0 Å². The third kappa shape index (κ3) is 2.84. The Labute approximate surface area is 107 Å². The number of hydrogen-bond acceptors (Lipinski definition) is 4. The summed E-state index contributed by atoms with van der Waals surface area (Å²) < 4.78 is 5.39. The molecule has 1 heterocycles. The van der Waals surface area contributed by atoms with Crippen LogP contribution in [0, 0.1) is 6.92 Å². The van der Waals surface area contributed by atoms with E-state index in [4.69, 9.17) is 10.5 Å². The van der Waals surface area contributed by atoms with Crippen LogP contribution in [0.2, 0.25) is 0 Å². The fourth-order valence-corrected chi connectivity index (χ4v) is 1.65. The molecule has 2 N–H and O–H groups in total. The summed E-state index contributed by atoms with van der Waals surface area (Å²) >= 11 is 0. The fourth-order valence-electron chi connectivity index (χ4n) is 1.65. The molecule has 0 saturated heterocycles. The maximum Gasteiger partial charge on any atom is 0.149 e. The number of nitrogens with two attached hydrogens (primary N) is 1. The van der Waals surface area contributed by atoms with Gasteiger partial charge in [0, 0.05) is 12.4 Å². The third-order valence-electron chi connectivity index (χ3n) is 2.63. The van der Waals surface area contributed by atoms with Crippen LogP contribution >= 0.6 is 0 Å². The minimum absolute atomic E-state index is 0.304. The third-order valence-corrected chi connectivity index (χ3v) is 2.63. The molecule has 0 aliphatic heterocycles.